The zero-order valence-corrected chi connectivity index (χ0v) is 23.4. The number of carbonyl (C=O) groups excluding carboxylic acids is 3. The monoisotopic (exact) mass is 569 g/mol. The molecular weight excluding hydrogens is 538 g/mol. The van der Waals surface area contributed by atoms with E-state index in [9.17, 15) is 19.2 Å². The zero-order valence-electron chi connectivity index (χ0n) is 23.4. The number of amides is 1. The fourth-order valence-corrected chi connectivity index (χ4v) is 5.44. The Balaban J connectivity index is 0.000000168. The lowest BCUT2D eigenvalue weighted by Crippen LogP contribution is -2.18. The topological polar surface area (TPSA) is 167 Å². The van der Waals surface area contributed by atoms with E-state index in [1.807, 2.05) is 26.0 Å². The van der Waals surface area contributed by atoms with Crippen LogP contribution in [0.25, 0.3) is 0 Å². The van der Waals surface area contributed by atoms with E-state index in [0.29, 0.717) is 65.7 Å². The summed E-state index contributed by atoms with van der Waals surface area (Å²) in [5.41, 5.74) is 10.5. The van der Waals surface area contributed by atoms with Crippen LogP contribution < -0.4 is 5.73 Å². The number of carbonyl (C=O) groups is 4. The van der Waals surface area contributed by atoms with Crippen LogP contribution in [-0.2, 0) is 25.7 Å². The number of carboxylic acids is 1. The zero-order chi connectivity index (χ0) is 30.0. The average Bonchev–Trinajstić information content (AvgIpc) is 3.53. The first-order valence-corrected chi connectivity index (χ1v) is 13.8. The molecular formula is C32H31N3O7. The lowest BCUT2D eigenvalue weighted by atomic mass is 9.86. The van der Waals surface area contributed by atoms with Crippen molar-refractivity contribution in [2.24, 2.45) is 17.6 Å². The second-order valence-electron chi connectivity index (χ2n) is 11.1. The molecule has 2 aliphatic carbocycles. The molecule has 0 spiro atoms. The van der Waals surface area contributed by atoms with E-state index in [-0.39, 0.29) is 17.1 Å². The molecule has 2 atom stereocenters. The van der Waals surface area contributed by atoms with Crippen LogP contribution in [-0.4, -0.2) is 38.9 Å². The minimum atomic E-state index is -0.956. The molecule has 42 heavy (non-hydrogen) atoms. The van der Waals surface area contributed by atoms with E-state index < -0.39 is 11.9 Å². The van der Waals surface area contributed by atoms with Crippen LogP contribution in [0.5, 0.6) is 0 Å². The highest BCUT2D eigenvalue weighted by Gasteiger charge is 2.30. The molecule has 2 aliphatic rings. The molecule has 4 aromatic rings. The van der Waals surface area contributed by atoms with Crippen LogP contribution in [0.1, 0.15) is 102 Å². The van der Waals surface area contributed by atoms with E-state index >= 15 is 0 Å². The van der Waals surface area contributed by atoms with Gasteiger partial charge < -0.3 is 19.9 Å². The van der Waals surface area contributed by atoms with Gasteiger partial charge in [0.1, 0.15) is 0 Å². The van der Waals surface area contributed by atoms with Gasteiger partial charge in [0.05, 0.1) is 28.1 Å². The molecule has 6 rings (SSSR count). The molecule has 216 valence electrons. The summed E-state index contributed by atoms with van der Waals surface area (Å²) in [4.78, 5) is 46.1. The summed E-state index contributed by atoms with van der Waals surface area (Å²) >= 11 is 0. The van der Waals surface area contributed by atoms with E-state index in [2.05, 4.69) is 10.3 Å². The molecule has 10 nitrogen and oxygen atoms in total. The summed E-state index contributed by atoms with van der Waals surface area (Å²) < 4.78 is 10.7. The summed E-state index contributed by atoms with van der Waals surface area (Å²) in [7, 11) is 0. The number of primary amides is 1. The smallest absolute Gasteiger partial charge is 0.335 e. The van der Waals surface area contributed by atoms with Crippen molar-refractivity contribution in [3.05, 3.63) is 105 Å². The Labute approximate surface area is 241 Å². The van der Waals surface area contributed by atoms with Crippen LogP contribution in [0.15, 0.2) is 57.6 Å². The Bertz CT molecular complexity index is 1520. The Hall–Kier alpha value is -4.86. The molecule has 1 amide bonds. The third-order valence-corrected chi connectivity index (χ3v) is 7.54. The first kappa shape index (κ1) is 28.7. The largest absolute Gasteiger partial charge is 0.478 e. The van der Waals surface area contributed by atoms with Crippen molar-refractivity contribution in [1.82, 2.24) is 10.3 Å². The summed E-state index contributed by atoms with van der Waals surface area (Å²) in [5.74, 6) is 0.579. The van der Waals surface area contributed by atoms with E-state index in [1.54, 1.807) is 36.4 Å². The van der Waals surface area contributed by atoms with Crippen LogP contribution >= 0.6 is 0 Å². The molecule has 3 N–H and O–H groups in total. The molecule has 0 aliphatic heterocycles. The van der Waals surface area contributed by atoms with Gasteiger partial charge in [-0.15, -0.1) is 0 Å². The van der Waals surface area contributed by atoms with Crippen molar-refractivity contribution >= 4 is 23.4 Å². The van der Waals surface area contributed by atoms with Gasteiger partial charge in [-0.25, -0.2) is 4.79 Å². The Morgan fingerprint density at radius 3 is 1.52 bits per heavy atom. The fraction of sp³-hybridized carbons (Fsp3) is 0.312. The molecule has 2 heterocycles. The molecule has 10 heteroatoms. The number of Topliss-reactive ketones (excluding diaryl/α,β-unsaturated/α-hetero) is 2. The highest BCUT2D eigenvalue weighted by molar-refractivity contribution is 6.00. The van der Waals surface area contributed by atoms with Gasteiger partial charge in [0.2, 0.25) is 5.91 Å². The number of benzene rings is 2. The van der Waals surface area contributed by atoms with Crippen molar-refractivity contribution in [2.75, 3.05) is 0 Å². The highest BCUT2D eigenvalue weighted by atomic mass is 16.5. The third-order valence-electron chi connectivity index (χ3n) is 7.54. The lowest BCUT2D eigenvalue weighted by Gasteiger charge is -2.15. The number of rotatable bonds is 6. The quantitative estimate of drug-likeness (QED) is 0.330. The third kappa shape index (κ3) is 6.22. The lowest BCUT2D eigenvalue weighted by molar-refractivity contribution is 0.0696. The minimum absolute atomic E-state index is 0.0853. The molecule has 0 fully saturated rings. The number of carboxylic acid groups (broad SMARTS) is 1. The minimum Gasteiger partial charge on any atom is -0.478 e. The Morgan fingerprint density at radius 1 is 0.738 bits per heavy atom. The number of hydrogen-bond acceptors (Lipinski definition) is 8. The molecule has 0 radical (unpaired) electrons. The van der Waals surface area contributed by atoms with E-state index in [1.165, 1.54) is 0 Å². The number of hydrogen-bond donors (Lipinski definition) is 2. The number of ketones is 2. The maximum Gasteiger partial charge on any atom is 0.335 e. The van der Waals surface area contributed by atoms with Gasteiger partial charge in [-0.2, -0.15) is 0 Å². The number of fused-ring (bicyclic) bond motifs is 2. The maximum atomic E-state index is 12.2. The normalized spacial score (nSPS) is 17.6. The number of aromatic nitrogens is 2. The molecule has 2 aromatic heterocycles. The summed E-state index contributed by atoms with van der Waals surface area (Å²) in [5, 5.41) is 16.9. The van der Waals surface area contributed by atoms with Crippen molar-refractivity contribution < 1.29 is 33.3 Å². The average molecular weight is 570 g/mol. The Morgan fingerprint density at radius 2 is 1.14 bits per heavy atom. The van der Waals surface area contributed by atoms with Crippen LogP contribution in [0.2, 0.25) is 0 Å². The SMILES string of the molecule is CC1CC(=O)c2c(noc2Cc2ccc(C(=O)O)cc2)C1.CC1CC(=O)c2c(noc2Cc2ccc(C(N)=O)cc2)C1. The summed E-state index contributed by atoms with van der Waals surface area (Å²) in [6.45, 7) is 4.07. The van der Waals surface area contributed by atoms with Gasteiger partial charge in [-0.3, -0.25) is 14.4 Å². The van der Waals surface area contributed by atoms with Gasteiger partial charge >= 0.3 is 5.97 Å². The number of aromatic carboxylic acids is 1. The maximum absolute atomic E-state index is 12.2. The van der Waals surface area contributed by atoms with Crippen molar-refractivity contribution in [3.8, 4) is 0 Å². The van der Waals surface area contributed by atoms with Gasteiger partial charge in [-0.1, -0.05) is 48.4 Å². The van der Waals surface area contributed by atoms with Crippen molar-refractivity contribution in [3.63, 3.8) is 0 Å². The first-order chi connectivity index (χ1) is 20.1. The van der Waals surface area contributed by atoms with Crippen LogP contribution in [0.4, 0.5) is 0 Å². The fourth-order valence-electron chi connectivity index (χ4n) is 5.44. The second-order valence-corrected chi connectivity index (χ2v) is 11.1. The second kappa shape index (κ2) is 11.9. The highest BCUT2D eigenvalue weighted by Crippen LogP contribution is 2.30. The Kier molecular flexibility index (Phi) is 8.15. The van der Waals surface area contributed by atoms with Crippen LogP contribution in [0.3, 0.4) is 0 Å². The molecule has 0 bridgehead atoms. The van der Waals surface area contributed by atoms with Gasteiger partial charge in [0, 0.05) is 31.2 Å². The van der Waals surface area contributed by atoms with Gasteiger partial charge in [0.15, 0.2) is 23.1 Å². The molecule has 0 saturated heterocycles. The molecule has 2 aromatic carbocycles. The van der Waals surface area contributed by atoms with Gasteiger partial charge in [0.25, 0.3) is 0 Å². The first-order valence-electron chi connectivity index (χ1n) is 13.8. The van der Waals surface area contributed by atoms with E-state index in [0.717, 1.165) is 35.4 Å². The predicted molar refractivity (Wildman–Crippen MR) is 151 cm³/mol. The van der Waals surface area contributed by atoms with Crippen molar-refractivity contribution in [1.29, 1.82) is 0 Å². The number of nitrogens with two attached hydrogens (primary N) is 1. The summed E-state index contributed by atoms with van der Waals surface area (Å²) in [6, 6.07) is 13.5. The molecule has 0 saturated carbocycles. The van der Waals surface area contributed by atoms with E-state index in [4.69, 9.17) is 19.9 Å². The van der Waals surface area contributed by atoms with Crippen LogP contribution in [0, 0.1) is 11.8 Å². The standard InChI is InChI=1S/C16H16N2O3.C16H15NO4/c1-9-6-12-15(13(19)7-9)14(21-18-12)8-10-2-4-11(5-3-10)16(17)20;1-9-6-12-15(13(18)7-9)14(21-17-12)8-10-2-4-11(5-3-10)16(19)20/h2-5,9H,6-8H2,1H3,(H2,17,20);2-5,9H,6-8H2,1H3,(H,19,20). The predicted octanol–water partition coefficient (Wildman–Crippen LogP) is 4.86. The van der Waals surface area contributed by atoms with Crippen molar-refractivity contribution in [2.45, 2.75) is 52.4 Å². The number of nitrogens with zero attached hydrogens (tertiary/aromatic N) is 2. The summed E-state index contributed by atoms with van der Waals surface area (Å²) in [6.07, 6.45) is 3.55. The van der Waals surface area contributed by atoms with Gasteiger partial charge in [-0.05, 0) is 60.1 Å². The molecule has 2 unspecified atom stereocenters.